The van der Waals surface area contributed by atoms with Gasteiger partial charge in [-0.3, -0.25) is 0 Å². The quantitative estimate of drug-likeness (QED) is 0.299. The van der Waals surface area contributed by atoms with Crippen molar-refractivity contribution in [1.82, 2.24) is 4.98 Å². The van der Waals surface area contributed by atoms with Crippen LogP contribution in [0.5, 0.6) is 0 Å². The van der Waals surface area contributed by atoms with E-state index in [1.54, 1.807) is 0 Å². The van der Waals surface area contributed by atoms with Gasteiger partial charge in [0.1, 0.15) is 0 Å². The Bertz CT molecular complexity index is 1290. The van der Waals surface area contributed by atoms with Gasteiger partial charge in [0, 0.05) is 11.1 Å². The lowest BCUT2D eigenvalue weighted by Crippen LogP contribution is -1.91. The summed E-state index contributed by atoms with van der Waals surface area (Å²) in [7, 11) is 0. The van der Waals surface area contributed by atoms with E-state index in [4.69, 9.17) is 4.98 Å². The van der Waals surface area contributed by atoms with Gasteiger partial charge in [-0.15, -0.1) is 0 Å². The van der Waals surface area contributed by atoms with Crippen LogP contribution in [0.15, 0.2) is 121 Å². The van der Waals surface area contributed by atoms with Gasteiger partial charge in [0.15, 0.2) is 0 Å². The zero-order valence-corrected chi connectivity index (χ0v) is 17.5. The number of nitrogens with zero attached hydrogens (tertiary/aromatic N) is 1. The molecule has 0 aliphatic heterocycles. The highest BCUT2D eigenvalue weighted by Gasteiger charge is 2.09. The maximum atomic E-state index is 5.03. The van der Waals surface area contributed by atoms with E-state index in [2.05, 4.69) is 122 Å². The van der Waals surface area contributed by atoms with Crippen LogP contribution < -0.4 is 0 Å². The summed E-state index contributed by atoms with van der Waals surface area (Å²) in [6, 6.07) is 42.6. The molecule has 5 aromatic rings. The molecule has 0 N–H and O–H groups in total. The minimum Gasteiger partial charge on any atom is -0.248 e. The molecular formula is C30H23N. The molecule has 148 valence electrons. The second-order valence-electron chi connectivity index (χ2n) is 7.80. The summed E-state index contributed by atoms with van der Waals surface area (Å²) in [5.74, 6) is 0. The maximum Gasteiger partial charge on any atom is 0.0715 e. The van der Waals surface area contributed by atoms with Crippen molar-refractivity contribution < 1.29 is 0 Å². The molecular weight excluding hydrogens is 374 g/mol. The second kappa shape index (κ2) is 8.41. The number of aryl methyl sites for hydroxylation is 1. The van der Waals surface area contributed by atoms with Crippen LogP contribution >= 0.6 is 0 Å². The zero-order valence-electron chi connectivity index (χ0n) is 17.5. The van der Waals surface area contributed by atoms with Crippen LogP contribution in [0.1, 0.15) is 5.56 Å². The highest BCUT2D eigenvalue weighted by Crippen LogP contribution is 2.31. The van der Waals surface area contributed by atoms with Crippen LogP contribution in [0.25, 0.3) is 44.8 Å². The van der Waals surface area contributed by atoms with Gasteiger partial charge in [0.05, 0.1) is 11.4 Å². The minimum absolute atomic E-state index is 0.983. The fourth-order valence-electron chi connectivity index (χ4n) is 3.81. The Kier molecular flexibility index (Phi) is 5.16. The summed E-state index contributed by atoms with van der Waals surface area (Å²) in [6.45, 7) is 2.11. The van der Waals surface area contributed by atoms with Crippen LogP contribution in [-0.2, 0) is 0 Å². The molecule has 0 saturated carbocycles. The Hall–Kier alpha value is -3.97. The van der Waals surface area contributed by atoms with Crippen molar-refractivity contribution in [3.63, 3.8) is 0 Å². The third-order valence-electron chi connectivity index (χ3n) is 5.57. The van der Waals surface area contributed by atoms with E-state index in [9.17, 15) is 0 Å². The summed E-state index contributed by atoms with van der Waals surface area (Å²) >= 11 is 0. The summed E-state index contributed by atoms with van der Waals surface area (Å²) in [4.78, 5) is 5.03. The van der Waals surface area contributed by atoms with Crippen LogP contribution in [0.4, 0.5) is 0 Å². The highest BCUT2D eigenvalue weighted by molar-refractivity contribution is 5.77. The highest BCUT2D eigenvalue weighted by atomic mass is 14.7. The lowest BCUT2D eigenvalue weighted by molar-refractivity contribution is 1.32. The summed E-state index contributed by atoms with van der Waals surface area (Å²) in [5, 5.41) is 0. The molecule has 5 rings (SSSR count). The largest absolute Gasteiger partial charge is 0.248 e. The van der Waals surface area contributed by atoms with Gasteiger partial charge in [-0.25, -0.2) is 4.98 Å². The van der Waals surface area contributed by atoms with Crippen molar-refractivity contribution >= 4 is 0 Å². The molecule has 0 saturated heterocycles. The lowest BCUT2D eigenvalue weighted by Gasteiger charge is -2.11. The van der Waals surface area contributed by atoms with Crippen LogP contribution in [0.2, 0.25) is 0 Å². The number of rotatable bonds is 4. The van der Waals surface area contributed by atoms with Crippen molar-refractivity contribution in [2.75, 3.05) is 0 Å². The molecule has 0 spiro atoms. The SMILES string of the molecule is Cc1ccc(-c2cc(-c3ccccc3)cc(-c3ccc(-c4ccccc4)cc3)n2)cc1. The van der Waals surface area contributed by atoms with Gasteiger partial charge >= 0.3 is 0 Å². The number of benzene rings is 4. The zero-order chi connectivity index (χ0) is 21.0. The van der Waals surface area contributed by atoms with Crippen molar-refractivity contribution in [3.05, 3.63) is 127 Å². The Balaban J connectivity index is 1.60. The Morgan fingerprint density at radius 1 is 0.387 bits per heavy atom. The van der Waals surface area contributed by atoms with Crippen molar-refractivity contribution in [3.8, 4) is 44.8 Å². The van der Waals surface area contributed by atoms with Gasteiger partial charge in [0.2, 0.25) is 0 Å². The summed E-state index contributed by atoms with van der Waals surface area (Å²) < 4.78 is 0. The van der Waals surface area contributed by atoms with Gasteiger partial charge in [0.25, 0.3) is 0 Å². The van der Waals surface area contributed by atoms with Gasteiger partial charge in [-0.05, 0) is 41.3 Å². The summed E-state index contributed by atoms with van der Waals surface area (Å²) in [6.07, 6.45) is 0. The Morgan fingerprint density at radius 3 is 1.29 bits per heavy atom. The fraction of sp³-hybridized carbons (Fsp3) is 0.0333. The van der Waals surface area contributed by atoms with Gasteiger partial charge in [-0.1, -0.05) is 115 Å². The molecule has 1 nitrogen and oxygen atoms in total. The molecule has 0 radical (unpaired) electrons. The standard InChI is InChI=1S/C30H23N/c1-22-12-14-26(15-13-22)29-20-28(24-10-6-3-7-11-24)21-30(31-29)27-18-16-25(17-19-27)23-8-4-2-5-9-23/h2-21H,1H3. The first-order chi connectivity index (χ1) is 15.3. The van der Waals surface area contributed by atoms with Gasteiger partial charge in [-0.2, -0.15) is 0 Å². The first-order valence-corrected chi connectivity index (χ1v) is 10.6. The average molecular weight is 398 g/mol. The number of hydrogen-bond donors (Lipinski definition) is 0. The van der Waals surface area contributed by atoms with E-state index in [1.165, 1.54) is 27.8 Å². The molecule has 0 atom stereocenters. The third kappa shape index (κ3) is 4.17. The van der Waals surface area contributed by atoms with Crippen molar-refractivity contribution in [2.24, 2.45) is 0 Å². The first kappa shape index (κ1) is 19.0. The molecule has 1 heterocycles. The van der Waals surface area contributed by atoms with Crippen molar-refractivity contribution in [2.45, 2.75) is 6.92 Å². The molecule has 0 aliphatic rings. The lowest BCUT2D eigenvalue weighted by atomic mass is 9.98. The molecule has 4 aromatic carbocycles. The number of pyridine rings is 1. The van der Waals surface area contributed by atoms with E-state index < -0.39 is 0 Å². The van der Waals surface area contributed by atoms with Crippen LogP contribution in [0, 0.1) is 6.92 Å². The van der Waals surface area contributed by atoms with E-state index in [1.807, 2.05) is 6.07 Å². The van der Waals surface area contributed by atoms with Crippen LogP contribution in [0.3, 0.4) is 0 Å². The predicted octanol–water partition coefficient (Wildman–Crippen LogP) is 8.06. The molecule has 0 amide bonds. The van der Waals surface area contributed by atoms with Gasteiger partial charge < -0.3 is 0 Å². The Labute approximate surface area is 183 Å². The second-order valence-corrected chi connectivity index (χ2v) is 7.80. The molecule has 0 bridgehead atoms. The van der Waals surface area contributed by atoms with Crippen molar-refractivity contribution in [1.29, 1.82) is 0 Å². The summed E-state index contributed by atoms with van der Waals surface area (Å²) in [5.41, 5.74) is 10.3. The maximum absolute atomic E-state index is 5.03. The third-order valence-corrected chi connectivity index (χ3v) is 5.57. The number of aromatic nitrogens is 1. The molecule has 0 unspecified atom stereocenters. The normalized spacial score (nSPS) is 10.7. The molecule has 31 heavy (non-hydrogen) atoms. The monoisotopic (exact) mass is 397 g/mol. The number of hydrogen-bond acceptors (Lipinski definition) is 1. The van der Waals surface area contributed by atoms with E-state index in [0.717, 1.165) is 22.5 Å². The predicted molar refractivity (Wildman–Crippen MR) is 131 cm³/mol. The molecule has 0 fully saturated rings. The molecule has 1 heteroatoms. The topological polar surface area (TPSA) is 12.9 Å². The smallest absolute Gasteiger partial charge is 0.0715 e. The first-order valence-electron chi connectivity index (χ1n) is 10.6. The van der Waals surface area contributed by atoms with E-state index >= 15 is 0 Å². The van der Waals surface area contributed by atoms with E-state index in [0.29, 0.717) is 0 Å². The average Bonchev–Trinajstić information content (AvgIpc) is 2.85. The molecule has 0 aliphatic carbocycles. The fourth-order valence-corrected chi connectivity index (χ4v) is 3.81. The Morgan fingerprint density at radius 2 is 0.774 bits per heavy atom. The van der Waals surface area contributed by atoms with Crippen LogP contribution in [-0.4, -0.2) is 4.98 Å². The minimum atomic E-state index is 0.983. The van der Waals surface area contributed by atoms with E-state index in [-0.39, 0.29) is 0 Å². The molecule has 1 aromatic heterocycles.